The van der Waals surface area contributed by atoms with Gasteiger partial charge in [-0.15, -0.1) is 6.58 Å². The first-order chi connectivity index (χ1) is 6.68. The van der Waals surface area contributed by atoms with Crippen molar-refractivity contribution in [2.24, 2.45) is 4.99 Å². The summed E-state index contributed by atoms with van der Waals surface area (Å²) in [6.07, 6.45) is 3.46. The van der Waals surface area contributed by atoms with E-state index in [-0.39, 0.29) is 6.16 Å². The predicted octanol–water partition coefficient (Wildman–Crippen LogP) is 2.51. The van der Waals surface area contributed by atoms with E-state index in [4.69, 9.17) is 9.05 Å². The molecule has 0 atom stereocenters. The van der Waals surface area contributed by atoms with E-state index in [1.54, 1.807) is 26.1 Å². The summed E-state index contributed by atoms with van der Waals surface area (Å²) in [6, 6.07) is 0. The van der Waals surface area contributed by atoms with Gasteiger partial charge in [-0.05, 0) is 13.8 Å². The SMILES string of the molecule is C=CC/N=C\CP(=O)(OCC)OCC. The van der Waals surface area contributed by atoms with Crippen LogP contribution in [0.5, 0.6) is 0 Å². The molecule has 0 spiro atoms. The second-order valence-electron chi connectivity index (χ2n) is 2.47. The van der Waals surface area contributed by atoms with Gasteiger partial charge in [0.2, 0.25) is 0 Å². The van der Waals surface area contributed by atoms with Gasteiger partial charge in [0.25, 0.3) is 0 Å². The molecule has 0 aliphatic rings. The quantitative estimate of drug-likeness (QED) is 0.358. The third-order valence-corrected chi connectivity index (χ3v) is 3.23. The summed E-state index contributed by atoms with van der Waals surface area (Å²) in [5, 5.41) is 0. The van der Waals surface area contributed by atoms with Crippen LogP contribution in [0.4, 0.5) is 0 Å². The van der Waals surface area contributed by atoms with Crippen LogP contribution in [0, 0.1) is 0 Å². The van der Waals surface area contributed by atoms with Gasteiger partial charge >= 0.3 is 7.60 Å². The second-order valence-corrected chi connectivity index (χ2v) is 4.57. The lowest BCUT2D eigenvalue weighted by atomic mass is 10.6. The van der Waals surface area contributed by atoms with E-state index in [0.717, 1.165) is 0 Å². The minimum atomic E-state index is -2.94. The average molecular weight is 219 g/mol. The molecule has 0 aliphatic heterocycles. The summed E-state index contributed by atoms with van der Waals surface area (Å²) in [5.41, 5.74) is 0. The van der Waals surface area contributed by atoms with Crippen LogP contribution in [-0.4, -0.2) is 32.1 Å². The minimum Gasteiger partial charge on any atom is -0.309 e. The third kappa shape index (κ3) is 6.08. The highest BCUT2D eigenvalue weighted by atomic mass is 31.2. The maximum atomic E-state index is 11.8. The fraction of sp³-hybridized carbons (Fsp3) is 0.667. The zero-order valence-corrected chi connectivity index (χ0v) is 9.70. The Hall–Kier alpha value is -0.440. The van der Waals surface area contributed by atoms with Gasteiger partial charge < -0.3 is 9.05 Å². The first-order valence-electron chi connectivity index (χ1n) is 4.65. The monoisotopic (exact) mass is 219 g/mol. The van der Waals surface area contributed by atoms with Crippen LogP contribution in [0.25, 0.3) is 0 Å². The fourth-order valence-corrected chi connectivity index (χ4v) is 2.23. The summed E-state index contributed by atoms with van der Waals surface area (Å²) >= 11 is 0. The maximum absolute atomic E-state index is 11.8. The standard InChI is InChI=1S/C9H18NO3P/c1-4-7-10-8-9-14(11,12-5-2)13-6-3/h4,8H,1,5-7,9H2,2-3H3/b10-8-. The molecule has 0 amide bonds. The van der Waals surface area contributed by atoms with Crippen LogP contribution < -0.4 is 0 Å². The predicted molar refractivity (Wildman–Crippen MR) is 59.3 cm³/mol. The summed E-state index contributed by atoms with van der Waals surface area (Å²) in [7, 11) is -2.94. The van der Waals surface area contributed by atoms with Crippen LogP contribution in [0.1, 0.15) is 13.8 Å². The molecule has 0 bridgehead atoms. The van der Waals surface area contributed by atoms with Gasteiger partial charge in [-0.1, -0.05) is 6.08 Å². The highest BCUT2D eigenvalue weighted by Gasteiger charge is 2.21. The highest BCUT2D eigenvalue weighted by Crippen LogP contribution is 2.46. The van der Waals surface area contributed by atoms with Gasteiger partial charge in [-0.25, -0.2) is 0 Å². The molecule has 14 heavy (non-hydrogen) atoms. The fourth-order valence-electron chi connectivity index (χ4n) is 0.843. The number of rotatable bonds is 8. The summed E-state index contributed by atoms with van der Waals surface area (Å²) in [5.74, 6) is 0. The Balaban J connectivity index is 4.07. The molecule has 0 heterocycles. The van der Waals surface area contributed by atoms with Crippen LogP contribution in [0.15, 0.2) is 17.6 Å². The largest absolute Gasteiger partial charge is 0.335 e. The van der Waals surface area contributed by atoms with E-state index in [2.05, 4.69) is 11.6 Å². The van der Waals surface area contributed by atoms with E-state index in [1.807, 2.05) is 0 Å². The number of hydrogen-bond acceptors (Lipinski definition) is 4. The highest BCUT2D eigenvalue weighted by molar-refractivity contribution is 7.54. The molecule has 82 valence electrons. The van der Waals surface area contributed by atoms with Crippen molar-refractivity contribution in [1.82, 2.24) is 0 Å². The summed E-state index contributed by atoms with van der Waals surface area (Å²) in [6.45, 7) is 8.38. The van der Waals surface area contributed by atoms with Crippen molar-refractivity contribution in [3.63, 3.8) is 0 Å². The molecule has 0 fully saturated rings. The van der Waals surface area contributed by atoms with Crippen molar-refractivity contribution in [3.8, 4) is 0 Å². The molecule has 5 heteroatoms. The van der Waals surface area contributed by atoms with E-state index >= 15 is 0 Å². The van der Waals surface area contributed by atoms with Crippen LogP contribution >= 0.6 is 7.60 Å². The molecular weight excluding hydrogens is 201 g/mol. The maximum Gasteiger partial charge on any atom is 0.335 e. The Labute approximate surface area is 85.6 Å². The topological polar surface area (TPSA) is 47.9 Å². The zero-order valence-electron chi connectivity index (χ0n) is 8.81. The molecule has 0 rings (SSSR count). The van der Waals surface area contributed by atoms with Crippen molar-refractivity contribution in [3.05, 3.63) is 12.7 Å². The molecule has 0 aromatic carbocycles. The lowest BCUT2D eigenvalue weighted by Crippen LogP contribution is -2.01. The van der Waals surface area contributed by atoms with Crippen LogP contribution in [-0.2, 0) is 13.6 Å². The number of aliphatic imine (C=N–C) groups is 1. The van der Waals surface area contributed by atoms with E-state index in [9.17, 15) is 4.57 Å². The van der Waals surface area contributed by atoms with E-state index in [1.165, 1.54) is 0 Å². The Bertz CT molecular complexity index is 218. The van der Waals surface area contributed by atoms with Crippen LogP contribution in [0.3, 0.4) is 0 Å². The second kappa shape index (κ2) is 7.92. The van der Waals surface area contributed by atoms with Crippen molar-refractivity contribution in [1.29, 1.82) is 0 Å². The van der Waals surface area contributed by atoms with Crippen molar-refractivity contribution >= 4 is 13.8 Å². The molecule has 0 unspecified atom stereocenters. The van der Waals surface area contributed by atoms with E-state index < -0.39 is 7.60 Å². The van der Waals surface area contributed by atoms with Gasteiger partial charge in [0, 0.05) is 6.21 Å². The molecule has 0 N–H and O–H groups in total. The molecule has 0 aliphatic carbocycles. The molecule has 0 aromatic heterocycles. The Morgan fingerprint density at radius 3 is 2.36 bits per heavy atom. The summed E-state index contributed by atoms with van der Waals surface area (Å²) < 4.78 is 21.9. The lowest BCUT2D eigenvalue weighted by Gasteiger charge is -2.14. The average Bonchev–Trinajstić information content (AvgIpc) is 2.13. The summed E-state index contributed by atoms with van der Waals surface area (Å²) in [4.78, 5) is 3.96. The van der Waals surface area contributed by atoms with Gasteiger partial charge in [-0.3, -0.25) is 9.56 Å². The smallest absolute Gasteiger partial charge is 0.309 e. The van der Waals surface area contributed by atoms with Gasteiger partial charge in [0.1, 0.15) is 0 Å². The van der Waals surface area contributed by atoms with Gasteiger partial charge in [-0.2, -0.15) is 0 Å². The number of hydrogen-bond donors (Lipinski definition) is 0. The molecular formula is C9H18NO3P. The zero-order chi connectivity index (χ0) is 10.9. The lowest BCUT2D eigenvalue weighted by molar-refractivity contribution is 0.223. The normalized spacial score (nSPS) is 12.1. The third-order valence-electron chi connectivity index (χ3n) is 1.32. The first kappa shape index (κ1) is 13.6. The van der Waals surface area contributed by atoms with Crippen LogP contribution in [0.2, 0.25) is 0 Å². The Morgan fingerprint density at radius 2 is 1.93 bits per heavy atom. The van der Waals surface area contributed by atoms with Gasteiger partial charge in [0.05, 0.1) is 25.9 Å². The Morgan fingerprint density at radius 1 is 1.36 bits per heavy atom. The molecule has 4 nitrogen and oxygen atoms in total. The van der Waals surface area contributed by atoms with Crippen molar-refractivity contribution in [2.45, 2.75) is 13.8 Å². The minimum absolute atomic E-state index is 0.225. The first-order valence-corrected chi connectivity index (χ1v) is 6.38. The molecule has 0 saturated heterocycles. The van der Waals surface area contributed by atoms with E-state index in [0.29, 0.717) is 19.8 Å². The molecule has 0 radical (unpaired) electrons. The van der Waals surface area contributed by atoms with Crippen molar-refractivity contribution < 1.29 is 13.6 Å². The number of nitrogens with zero attached hydrogens (tertiary/aromatic N) is 1. The van der Waals surface area contributed by atoms with Crippen molar-refractivity contribution in [2.75, 3.05) is 25.9 Å². The Kier molecular flexibility index (Phi) is 7.67. The van der Waals surface area contributed by atoms with Gasteiger partial charge in [0.15, 0.2) is 0 Å². The molecule has 0 saturated carbocycles. The molecule has 0 aromatic rings.